The summed E-state index contributed by atoms with van der Waals surface area (Å²) in [6.07, 6.45) is 1.82. The maximum atomic E-state index is 5.66. The predicted octanol–water partition coefficient (Wildman–Crippen LogP) is 4.18. The van der Waals surface area contributed by atoms with E-state index >= 15 is 0 Å². The second-order valence-electron chi connectivity index (χ2n) is 4.02. The number of hydrogen-bond donors (Lipinski definition) is 1. The average Bonchev–Trinajstić information content (AvgIpc) is 2.84. The van der Waals surface area contributed by atoms with Gasteiger partial charge in [-0.1, -0.05) is 12.1 Å². The Kier molecular flexibility index (Phi) is 3.16. The summed E-state index contributed by atoms with van der Waals surface area (Å²) in [6, 6.07) is 12.4. The Labute approximate surface area is 118 Å². The third kappa shape index (κ3) is 2.07. The van der Waals surface area contributed by atoms with Gasteiger partial charge < -0.3 is 5.73 Å². The predicted molar refractivity (Wildman–Crippen MR) is 80.6 cm³/mol. The molecule has 0 radical (unpaired) electrons. The van der Waals surface area contributed by atoms with Gasteiger partial charge in [-0.3, -0.25) is 4.98 Å². The monoisotopic (exact) mass is 318 g/mol. The van der Waals surface area contributed by atoms with Crippen LogP contribution in [0.25, 0.3) is 20.7 Å². The Balaban J connectivity index is 2.16. The van der Waals surface area contributed by atoms with Crippen molar-refractivity contribution in [2.24, 2.45) is 5.73 Å². The van der Waals surface area contributed by atoms with Crippen molar-refractivity contribution < 1.29 is 0 Å². The largest absolute Gasteiger partial charge is 0.326 e. The molecule has 0 saturated carbocycles. The minimum absolute atomic E-state index is 0.546. The number of benzene rings is 1. The van der Waals surface area contributed by atoms with Crippen LogP contribution < -0.4 is 5.73 Å². The van der Waals surface area contributed by atoms with Gasteiger partial charge in [-0.15, -0.1) is 11.3 Å². The van der Waals surface area contributed by atoms with Gasteiger partial charge in [-0.25, -0.2) is 0 Å². The van der Waals surface area contributed by atoms with E-state index in [2.05, 4.69) is 45.2 Å². The first kappa shape index (κ1) is 11.8. The maximum absolute atomic E-state index is 5.66. The molecule has 0 unspecified atom stereocenters. The van der Waals surface area contributed by atoms with Crippen molar-refractivity contribution in [2.45, 2.75) is 6.54 Å². The van der Waals surface area contributed by atoms with Crippen LogP contribution in [0.4, 0.5) is 0 Å². The molecular formula is C14H11BrN2S. The number of nitrogens with two attached hydrogens (primary N) is 1. The molecule has 0 fully saturated rings. The highest BCUT2D eigenvalue weighted by Gasteiger charge is 2.07. The molecule has 0 amide bonds. The van der Waals surface area contributed by atoms with E-state index in [1.807, 2.05) is 18.3 Å². The van der Waals surface area contributed by atoms with Gasteiger partial charge in [0.15, 0.2) is 0 Å². The lowest BCUT2D eigenvalue weighted by atomic mass is 10.2. The highest BCUT2D eigenvalue weighted by molar-refractivity contribution is 9.10. The summed E-state index contributed by atoms with van der Waals surface area (Å²) in [7, 11) is 0. The molecule has 0 aliphatic carbocycles. The molecule has 0 aliphatic heterocycles. The summed E-state index contributed by atoms with van der Waals surface area (Å²) >= 11 is 5.33. The van der Waals surface area contributed by atoms with Gasteiger partial charge in [0, 0.05) is 21.9 Å². The number of hydrogen-bond acceptors (Lipinski definition) is 3. The van der Waals surface area contributed by atoms with E-state index in [0.717, 1.165) is 15.7 Å². The zero-order valence-corrected chi connectivity index (χ0v) is 12.0. The van der Waals surface area contributed by atoms with Gasteiger partial charge in [-0.05, 0) is 51.1 Å². The van der Waals surface area contributed by atoms with Gasteiger partial charge in [-0.2, -0.15) is 0 Å². The SMILES string of the molecule is NCc1ccnc(-c2cc3cccc(Br)c3s2)c1. The molecular weight excluding hydrogens is 308 g/mol. The molecule has 0 saturated heterocycles. The van der Waals surface area contributed by atoms with E-state index in [1.54, 1.807) is 11.3 Å². The molecule has 90 valence electrons. The van der Waals surface area contributed by atoms with Gasteiger partial charge in [0.2, 0.25) is 0 Å². The van der Waals surface area contributed by atoms with Gasteiger partial charge in [0.1, 0.15) is 0 Å². The topological polar surface area (TPSA) is 38.9 Å². The fourth-order valence-corrected chi connectivity index (χ4v) is 3.55. The number of pyridine rings is 1. The number of aromatic nitrogens is 1. The molecule has 0 bridgehead atoms. The minimum atomic E-state index is 0.546. The Bertz CT molecular complexity index is 706. The van der Waals surface area contributed by atoms with Gasteiger partial charge >= 0.3 is 0 Å². The quantitative estimate of drug-likeness (QED) is 0.769. The Morgan fingerprint density at radius 1 is 1.22 bits per heavy atom. The van der Waals surface area contributed by atoms with Crippen molar-refractivity contribution in [1.82, 2.24) is 4.98 Å². The standard InChI is InChI=1S/C14H11BrN2S/c15-11-3-1-2-10-7-13(18-14(10)11)12-6-9(8-16)4-5-17-12/h1-7H,8,16H2. The molecule has 2 nitrogen and oxygen atoms in total. The fraction of sp³-hybridized carbons (Fsp3) is 0.0714. The second kappa shape index (κ2) is 4.80. The van der Waals surface area contributed by atoms with Crippen molar-refractivity contribution in [3.05, 3.63) is 52.6 Å². The fourth-order valence-electron chi connectivity index (χ4n) is 1.89. The van der Waals surface area contributed by atoms with Gasteiger partial charge in [0.05, 0.1) is 10.6 Å². The number of halogens is 1. The summed E-state index contributed by atoms with van der Waals surface area (Å²) in [5, 5.41) is 1.24. The molecule has 0 atom stereocenters. The normalized spacial score (nSPS) is 11.0. The molecule has 3 rings (SSSR count). The molecule has 0 aliphatic rings. The van der Waals surface area contributed by atoms with E-state index < -0.39 is 0 Å². The lowest BCUT2D eigenvalue weighted by Crippen LogP contribution is -1.96. The first-order valence-corrected chi connectivity index (χ1v) is 7.22. The van der Waals surface area contributed by atoms with Crippen molar-refractivity contribution >= 4 is 37.4 Å². The zero-order chi connectivity index (χ0) is 12.5. The summed E-state index contributed by atoms with van der Waals surface area (Å²) < 4.78 is 2.39. The first-order valence-electron chi connectivity index (χ1n) is 5.61. The Morgan fingerprint density at radius 2 is 2.11 bits per heavy atom. The van der Waals surface area contributed by atoms with Crippen LogP contribution in [0.5, 0.6) is 0 Å². The second-order valence-corrected chi connectivity index (χ2v) is 5.93. The smallest absolute Gasteiger partial charge is 0.0805 e. The number of thiophene rings is 1. The highest BCUT2D eigenvalue weighted by Crippen LogP contribution is 2.36. The highest BCUT2D eigenvalue weighted by atomic mass is 79.9. The summed E-state index contributed by atoms with van der Waals surface area (Å²) in [6.45, 7) is 0.546. The number of rotatable bonds is 2. The van der Waals surface area contributed by atoms with Crippen molar-refractivity contribution in [2.75, 3.05) is 0 Å². The average molecular weight is 319 g/mol. The molecule has 1 aromatic carbocycles. The summed E-state index contributed by atoms with van der Waals surface area (Å²) in [5.41, 5.74) is 7.76. The van der Waals surface area contributed by atoms with Crippen LogP contribution in [0.1, 0.15) is 5.56 Å². The third-order valence-corrected chi connectivity index (χ3v) is 4.94. The molecule has 18 heavy (non-hydrogen) atoms. The minimum Gasteiger partial charge on any atom is -0.326 e. The van der Waals surface area contributed by atoms with E-state index in [-0.39, 0.29) is 0 Å². The molecule has 0 spiro atoms. The van der Waals surface area contributed by atoms with Crippen LogP contribution in [-0.4, -0.2) is 4.98 Å². The Morgan fingerprint density at radius 3 is 2.89 bits per heavy atom. The van der Waals surface area contributed by atoms with E-state index in [1.165, 1.54) is 15.0 Å². The molecule has 2 heterocycles. The molecule has 4 heteroatoms. The van der Waals surface area contributed by atoms with Crippen molar-refractivity contribution in [3.63, 3.8) is 0 Å². The van der Waals surface area contributed by atoms with Crippen LogP contribution in [0.2, 0.25) is 0 Å². The van der Waals surface area contributed by atoms with Crippen molar-refractivity contribution in [1.29, 1.82) is 0 Å². The van der Waals surface area contributed by atoms with E-state index in [9.17, 15) is 0 Å². The van der Waals surface area contributed by atoms with Crippen LogP contribution >= 0.6 is 27.3 Å². The first-order chi connectivity index (χ1) is 8.78. The molecule has 3 aromatic rings. The molecule has 2 N–H and O–H groups in total. The lowest BCUT2D eigenvalue weighted by Gasteiger charge is -1.99. The number of nitrogens with zero attached hydrogens (tertiary/aromatic N) is 1. The van der Waals surface area contributed by atoms with Crippen LogP contribution in [0.15, 0.2) is 47.1 Å². The Hall–Kier alpha value is -1.23. The molecule has 2 aromatic heterocycles. The van der Waals surface area contributed by atoms with Crippen LogP contribution in [-0.2, 0) is 6.54 Å². The third-order valence-electron chi connectivity index (χ3n) is 2.81. The van der Waals surface area contributed by atoms with Crippen LogP contribution in [0.3, 0.4) is 0 Å². The summed E-state index contributed by atoms with van der Waals surface area (Å²) in [5.74, 6) is 0. The van der Waals surface area contributed by atoms with E-state index in [4.69, 9.17) is 5.73 Å². The summed E-state index contributed by atoms with van der Waals surface area (Å²) in [4.78, 5) is 5.60. The van der Waals surface area contributed by atoms with E-state index in [0.29, 0.717) is 6.54 Å². The van der Waals surface area contributed by atoms with Gasteiger partial charge in [0.25, 0.3) is 0 Å². The number of fused-ring (bicyclic) bond motifs is 1. The lowest BCUT2D eigenvalue weighted by molar-refractivity contribution is 1.06. The van der Waals surface area contributed by atoms with Crippen molar-refractivity contribution in [3.8, 4) is 10.6 Å². The maximum Gasteiger partial charge on any atom is 0.0805 e. The van der Waals surface area contributed by atoms with Crippen LogP contribution in [0, 0.1) is 0 Å². The zero-order valence-electron chi connectivity index (χ0n) is 9.56.